The molecule has 0 N–H and O–H groups in total. The van der Waals surface area contributed by atoms with Gasteiger partial charge in [0.05, 0.1) is 13.1 Å². The first-order chi connectivity index (χ1) is 12.7. The number of hydrogen-bond acceptors (Lipinski definition) is 1. The van der Waals surface area contributed by atoms with Gasteiger partial charge in [-0.1, -0.05) is 35.7 Å². The molecule has 4 rings (SSSR count). The lowest BCUT2D eigenvalue weighted by atomic mass is 10.0. The van der Waals surface area contributed by atoms with E-state index in [0.29, 0.717) is 23.7 Å². The maximum absolute atomic E-state index is 12.9. The van der Waals surface area contributed by atoms with Crippen LogP contribution >= 0.6 is 11.6 Å². The fourth-order valence-electron chi connectivity index (χ4n) is 3.68. The third-order valence-electron chi connectivity index (χ3n) is 4.96. The molecule has 0 unspecified atom stereocenters. The standard InChI is InChI=1S/C22H19ClN2O/c1-2-3-13-25-20-7-5-4-6-18(20)19-12-14-24(15-21(19)25)22(26)16-8-10-17(23)11-9-16/h4-11H,12-15H2,1H3. The third-order valence-corrected chi connectivity index (χ3v) is 5.21. The van der Waals surface area contributed by atoms with Gasteiger partial charge in [-0.2, -0.15) is 0 Å². The van der Waals surface area contributed by atoms with E-state index in [-0.39, 0.29) is 5.91 Å². The summed E-state index contributed by atoms with van der Waals surface area (Å²) >= 11 is 5.94. The number of fused-ring (bicyclic) bond motifs is 3. The van der Waals surface area contributed by atoms with Gasteiger partial charge in [0.25, 0.3) is 5.91 Å². The molecular weight excluding hydrogens is 344 g/mol. The van der Waals surface area contributed by atoms with Crippen molar-refractivity contribution in [3.05, 3.63) is 70.4 Å². The minimum Gasteiger partial charge on any atom is -0.332 e. The van der Waals surface area contributed by atoms with Gasteiger partial charge in [-0.25, -0.2) is 0 Å². The number of benzene rings is 2. The van der Waals surface area contributed by atoms with Crippen molar-refractivity contribution >= 4 is 28.4 Å². The Morgan fingerprint density at radius 3 is 2.69 bits per heavy atom. The Bertz CT molecular complexity index is 1040. The molecule has 0 fully saturated rings. The molecule has 2 aromatic carbocycles. The van der Waals surface area contributed by atoms with Gasteiger partial charge in [0.1, 0.15) is 0 Å². The van der Waals surface area contributed by atoms with Gasteiger partial charge in [-0.15, -0.1) is 5.92 Å². The molecule has 1 aliphatic rings. The van der Waals surface area contributed by atoms with Crippen LogP contribution in [0.3, 0.4) is 0 Å². The van der Waals surface area contributed by atoms with Gasteiger partial charge >= 0.3 is 0 Å². The predicted octanol–water partition coefficient (Wildman–Crippen LogP) is 4.52. The molecule has 3 nitrogen and oxygen atoms in total. The predicted molar refractivity (Wildman–Crippen MR) is 105 cm³/mol. The van der Waals surface area contributed by atoms with Crippen molar-refractivity contribution < 1.29 is 4.79 Å². The smallest absolute Gasteiger partial charge is 0.254 e. The summed E-state index contributed by atoms with van der Waals surface area (Å²) in [5.74, 6) is 6.20. The van der Waals surface area contributed by atoms with E-state index < -0.39 is 0 Å². The zero-order valence-corrected chi connectivity index (χ0v) is 15.4. The Morgan fingerprint density at radius 2 is 1.92 bits per heavy atom. The molecule has 2 heterocycles. The molecule has 0 atom stereocenters. The molecule has 1 aromatic heterocycles. The van der Waals surface area contributed by atoms with Crippen molar-refractivity contribution in [2.45, 2.75) is 26.4 Å². The molecule has 0 bridgehead atoms. The molecule has 0 aliphatic carbocycles. The molecule has 1 amide bonds. The molecule has 26 heavy (non-hydrogen) atoms. The summed E-state index contributed by atoms with van der Waals surface area (Å²) in [7, 11) is 0. The quantitative estimate of drug-likeness (QED) is 0.615. The van der Waals surface area contributed by atoms with E-state index in [0.717, 1.165) is 13.0 Å². The lowest BCUT2D eigenvalue weighted by Gasteiger charge is -2.28. The number of nitrogens with zero attached hydrogens (tertiary/aromatic N) is 2. The summed E-state index contributed by atoms with van der Waals surface area (Å²) in [6, 6.07) is 15.5. The van der Waals surface area contributed by atoms with Gasteiger partial charge in [0.15, 0.2) is 0 Å². The van der Waals surface area contributed by atoms with Crippen LogP contribution in [0.25, 0.3) is 10.9 Å². The van der Waals surface area contributed by atoms with Gasteiger partial charge in [-0.3, -0.25) is 4.79 Å². The lowest BCUT2D eigenvalue weighted by molar-refractivity contribution is 0.0731. The monoisotopic (exact) mass is 362 g/mol. The van der Waals surface area contributed by atoms with Gasteiger partial charge < -0.3 is 9.47 Å². The largest absolute Gasteiger partial charge is 0.332 e. The molecule has 4 heteroatoms. The minimum atomic E-state index is 0.0469. The summed E-state index contributed by atoms with van der Waals surface area (Å²) < 4.78 is 2.25. The molecule has 3 aromatic rings. The average Bonchev–Trinajstić information content (AvgIpc) is 2.99. The molecule has 0 saturated heterocycles. The number of amides is 1. The second-order valence-corrected chi connectivity index (χ2v) is 6.88. The second-order valence-electron chi connectivity index (χ2n) is 6.44. The Balaban J connectivity index is 1.72. The van der Waals surface area contributed by atoms with E-state index in [1.54, 1.807) is 24.3 Å². The fraction of sp³-hybridized carbons (Fsp3) is 0.227. The van der Waals surface area contributed by atoms with Crippen molar-refractivity contribution in [3.63, 3.8) is 0 Å². The van der Waals surface area contributed by atoms with Crippen molar-refractivity contribution in [3.8, 4) is 11.8 Å². The van der Waals surface area contributed by atoms with Crippen LogP contribution < -0.4 is 0 Å². The number of hydrogen-bond donors (Lipinski definition) is 0. The van der Waals surface area contributed by atoms with Crippen molar-refractivity contribution in [2.24, 2.45) is 0 Å². The molecule has 0 radical (unpaired) electrons. The highest BCUT2D eigenvalue weighted by Gasteiger charge is 2.26. The van der Waals surface area contributed by atoms with Crippen molar-refractivity contribution in [1.82, 2.24) is 9.47 Å². The maximum atomic E-state index is 12.9. The normalized spacial score (nSPS) is 13.2. The summed E-state index contributed by atoms with van der Waals surface area (Å²) in [4.78, 5) is 14.8. The zero-order valence-electron chi connectivity index (χ0n) is 14.6. The molecular formula is C22H19ClN2O. The van der Waals surface area contributed by atoms with Crippen molar-refractivity contribution in [2.75, 3.05) is 6.54 Å². The van der Waals surface area contributed by atoms with E-state index in [4.69, 9.17) is 11.6 Å². The Morgan fingerprint density at radius 1 is 1.15 bits per heavy atom. The van der Waals surface area contributed by atoms with Gasteiger partial charge in [0.2, 0.25) is 0 Å². The molecule has 130 valence electrons. The summed E-state index contributed by atoms with van der Waals surface area (Å²) in [6.45, 7) is 3.84. The number of para-hydroxylation sites is 1. The number of aromatic nitrogens is 1. The molecule has 0 spiro atoms. The highest BCUT2D eigenvalue weighted by Crippen LogP contribution is 2.31. The Kier molecular flexibility index (Phi) is 4.44. The summed E-state index contributed by atoms with van der Waals surface area (Å²) in [5.41, 5.74) is 4.41. The topological polar surface area (TPSA) is 25.2 Å². The SMILES string of the molecule is CC#CCn1c2c(c3ccccc31)CCN(C(=O)c1ccc(Cl)cc1)C2. The summed E-state index contributed by atoms with van der Waals surface area (Å²) in [5, 5.41) is 1.92. The van der Waals surface area contributed by atoms with E-state index >= 15 is 0 Å². The Hall–Kier alpha value is -2.70. The minimum absolute atomic E-state index is 0.0469. The Labute approximate surface area is 158 Å². The first-order valence-corrected chi connectivity index (χ1v) is 9.10. The first kappa shape index (κ1) is 16.8. The van der Waals surface area contributed by atoms with Crippen LogP contribution in [0.5, 0.6) is 0 Å². The van der Waals surface area contributed by atoms with E-state index in [1.165, 1.54) is 22.2 Å². The second kappa shape index (κ2) is 6.90. The van der Waals surface area contributed by atoms with Crippen LogP contribution in [-0.2, 0) is 19.5 Å². The number of carbonyl (C=O) groups excluding carboxylic acids is 1. The van der Waals surface area contributed by atoms with Crippen LogP contribution in [0, 0.1) is 11.8 Å². The van der Waals surface area contributed by atoms with Gasteiger partial charge in [-0.05, 0) is 49.2 Å². The van der Waals surface area contributed by atoms with Crippen LogP contribution in [0.4, 0.5) is 0 Å². The highest BCUT2D eigenvalue weighted by atomic mass is 35.5. The summed E-state index contributed by atoms with van der Waals surface area (Å²) in [6.07, 6.45) is 0.863. The number of rotatable bonds is 2. The molecule has 1 aliphatic heterocycles. The van der Waals surface area contributed by atoms with Crippen LogP contribution in [0.15, 0.2) is 48.5 Å². The maximum Gasteiger partial charge on any atom is 0.254 e. The number of carbonyl (C=O) groups is 1. The first-order valence-electron chi connectivity index (χ1n) is 8.72. The third kappa shape index (κ3) is 2.87. The lowest BCUT2D eigenvalue weighted by Crippen LogP contribution is -2.36. The van der Waals surface area contributed by atoms with Crippen LogP contribution in [-0.4, -0.2) is 21.9 Å². The fourth-order valence-corrected chi connectivity index (χ4v) is 3.81. The van der Waals surface area contributed by atoms with Gasteiger partial charge in [0, 0.05) is 33.7 Å². The van der Waals surface area contributed by atoms with Crippen molar-refractivity contribution in [1.29, 1.82) is 0 Å². The van der Waals surface area contributed by atoms with Crippen LogP contribution in [0.1, 0.15) is 28.5 Å². The molecule has 0 saturated carbocycles. The average molecular weight is 363 g/mol. The highest BCUT2D eigenvalue weighted by molar-refractivity contribution is 6.30. The van der Waals surface area contributed by atoms with E-state index in [2.05, 4.69) is 40.7 Å². The zero-order chi connectivity index (χ0) is 18.1. The van der Waals surface area contributed by atoms with Crippen LogP contribution in [0.2, 0.25) is 5.02 Å². The van der Waals surface area contributed by atoms with E-state index in [1.807, 2.05) is 11.8 Å². The van der Waals surface area contributed by atoms with E-state index in [9.17, 15) is 4.79 Å². The number of halogens is 1.